The summed E-state index contributed by atoms with van der Waals surface area (Å²) in [6.45, 7) is 3.72. The number of sulfone groups is 1. The largest absolute Gasteiger partial charge is 0.241 e. The van der Waals surface area contributed by atoms with Crippen LogP contribution < -0.4 is 0 Å². The highest BCUT2D eigenvalue weighted by Gasteiger charge is 2.13. The molecule has 0 aliphatic rings. The summed E-state index contributed by atoms with van der Waals surface area (Å²) in [7, 11) is -3.15. The SMILES string of the molecule is Cc1ncc(C)c(-c2cc(S(C)(=O)=O)cs2)n1. The summed E-state index contributed by atoms with van der Waals surface area (Å²) in [6, 6.07) is 1.66. The first-order chi connectivity index (χ1) is 7.88. The van der Waals surface area contributed by atoms with E-state index in [-0.39, 0.29) is 0 Å². The van der Waals surface area contributed by atoms with E-state index in [1.165, 1.54) is 17.6 Å². The van der Waals surface area contributed by atoms with Crippen molar-refractivity contribution < 1.29 is 8.42 Å². The lowest BCUT2D eigenvalue weighted by molar-refractivity contribution is 0.602. The van der Waals surface area contributed by atoms with Gasteiger partial charge in [-0.25, -0.2) is 18.4 Å². The van der Waals surface area contributed by atoms with Crippen molar-refractivity contribution in [3.05, 3.63) is 29.0 Å². The van der Waals surface area contributed by atoms with E-state index in [1.54, 1.807) is 17.6 Å². The number of hydrogen-bond acceptors (Lipinski definition) is 5. The Labute approximate surface area is 104 Å². The van der Waals surface area contributed by atoms with E-state index >= 15 is 0 Å². The van der Waals surface area contributed by atoms with Crippen LogP contribution in [-0.4, -0.2) is 24.6 Å². The molecule has 0 unspecified atom stereocenters. The van der Waals surface area contributed by atoms with Crippen LogP contribution in [0, 0.1) is 13.8 Å². The Kier molecular flexibility index (Phi) is 3.01. The monoisotopic (exact) mass is 268 g/mol. The van der Waals surface area contributed by atoms with E-state index < -0.39 is 9.84 Å². The number of thiophene rings is 1. The van der Waals surface area contributed by atoms with Gasteiger partial charge in [-0.2, -0.15) is 0 Å². The van der Waals surface area contributed by atoms with Gasteiger partial charge >= 0.3 is 0 Å². The fourth-order valence-corrected chi connectivity index (χ4v) is 3.49. The minimum absolute atomic E-state index is 0.341. The summed E-state index contributed by atoms with van der Waals surface area (Å²) in [5, 5.41) is 1.64. The third-order valence-corrected chi connectivity index (χ3v) is 4.51. The predicted molar refractivity (Wildman–Crippen MR) is 67.9 cm³/mol. The maximum atomic E-state index is 11.4. The summed E-state index contributed by atoms with van der Waals surface area (Å²) in [5.41, 5.74) is 1.75. The van der Waals surface area contributed by atoms with Crippen molar-refractivity contribution in [2.24, 2.45) is 0 Å². The molecule has 90 valence electrons. The molecule has 0 saturated carbocycles. The zero-order valence-corrected chi connectivity index (χ0v) is 11.4. The van der Waals surface area contributed by atoms with E-state index in [1.807, 2.05) is 13.8 Å². The summed E-state index contributed by atoms with van der Waals surface area (Å²) in [4.78, 5) is 9.63. The highest BCUT2D eigenvalue weighted by molar-refractivity contribution is 7.90. The average molecular weight is 268 g/mol. The third kappa shape index (κ3) is 2.53. The number of rotatable bonds is 2. The first kappa shape index (κ1) is 12.2. The first-order valence-corrected chi connectivity index (χ1v) is 7.74. The summed E-state index contributed by atoms with van der Waals surface area (Å²) in [6.07, 6.45) is 2.95. The van der Waals surface area contributed by atoms with Gasteiger partial charge in [-0.1, -0.05) is 0 Å². The van der Waals surface area contributed by atoms with Crippen LogP contribution in [0.2, 0.25) is 0 Å². The fourth-order valence-electron chi connectivity index (χ4n) is 1.42. The van der Waals surface area contributed by atoms with Crippen molar-refractivity contribution in [1.82, 2.24) is 9.97 Å². The van der Waals surface area contributed by atoms with Crippen LogP contribution in [0.25, 0.3) is 10.6 Å². The maximum Gasteiger partial charge on any atom is 0.176 e. The van der Waals surface area contributed by atoms with Crippen molar-refractivity contribution in [2.75, 3.05) is 6.26 Å². The number of aryl methyl sites for hydroxylation is 2. The van der Waals surface area contributed by atoms with Crippen LogP contribution in [0.5, 0.6) is 0 Å². The molecule has 2 rings (SSSR count). The quantitative estimate of drug-likeness (QED) is 0.838. The molecule has 0 aliphatic heterocycles. The molecule has 17 heavy (non-hydrogen) atoms. The molecule has 2 heterocycles. The molecule has 0 spiro atoms. The lowest BCUT2D eigenvalue weighted by Gasteiger charge is -2.02. The Morgan fingerprint density at radius 1 is 1.29 bits per heavy atom. The van der Waals surface area contributed by atoms with Crippen LogP contribution in [0.15, 0.2) is 22.5 Å². The van der Waals surface area contributed by atoms with Crippen LogP contribution in [-0.2, 0) is 9.84 Å². The Morgan fingerprint density at radius 2 is 2.00 bits per heavy atom. The highest BCUT2D eigenvalue weighted by atomic mass is 32.2. The smallest absolute Gasteiger partial charge is 0.176 e. The molecule has 0 aromatic carbocycles. The zero-order chi connectivity index (χ0) is 12.6. The van der Waals surface area contributed by atoms with Crippen molar-refractivity contribution in [1.29, 1.82) is 0 Å². The topological polar surface area (TPSA) is 59.9 Å². The van der Waals surface area contributed by atoms with Gasteiger partial charge in [0.25, 0.3) is 0 Å². The summed E-state index contributed by atoms with van der Waals surface area (Å²) < 4.78 is 22.8. The Hall–Kier alpha value is -1.27. The molecule has 0 amide bonds. The number of aromatic nitrogens is 2. The number of nitrogens with zero attached hydrogens (tertiary/aromatic N) is 2. The van der Waals surface area contributed by atoms with Gasteiger partial charge in [-0.15, -0.1) is 11.3 Å². The second-order valence-corrected chi connectivity index (χ2v) is 6.79. The highest BCUT2D eigenvalue weighted by Crippen LogP contribution is 2.29. The van der Waals surface area contributed by atoms with Gasteiger partial charge in [-0.05, 0) is 25.5 Å². The Bertz CT molecular complexity index is 660. The van der Waals surface area contributed by atoms with Gasteiger partial charge in [0.05, 0.1) is 15.5 Å². The molecule has 2 aromatic heterocycles. The van der Waals surface area contributed by atoms with E-state index in [0.717, 1.165) is 16.1 Å². The van der Waals surface area contributed by atoms with Crippen molar-refractivity contribution in [2.45, 2.75) is 18.7 Å². The molecular formula is C11H12N2O2S2. The van der Waals surface area contributed by atoms with Gasteiger partial charge in [-0.3, -0.25) is 0 Å². The van der Waals surface area contributed by atoms with Gasteiger partial charge in [0.2, 0.25) is 0 Å². The van der Waals surface area contributed by atoms with E-state index in [4.69, 9.17) is 0 Å². The molecule has 0 atom stereocenters. The Balaban J connectivity index is 2.55. The molecule has 0 aliphatic carbocycles. The second kappa shape index (κ2) is 4.19. The normalized spacial score (nSPS) is 11.7. The van der Waals surface area contributed by atoms with E-state index in [0.29, 0.717) is 10.7 Å². The molecule has 0 N–H and O–H groups in total. The van der Waals surface area contributed by atoms with E-state index in [2.05, 4.69) is 9.97 Å². The van der Waals surface area contributed by atoms with E-state index in [9.17, 15) is 8.42 Å². The zero-order valence-electron chi connectivity index (χ0n) is 9.76. The molecule has 6 heteroatoms. The van der Waals surface area contributed by atoms with Crippen molar-refractivity contribution in [3.8, 4) is 10.6 Å². The minimum Gasteiger partial charge on any atom is -0.241 e. The van der Waals surface area contributed by atoms with Crippen LogP contribution in [0.1, 0.15) is 11.4 Å². The maximum absolute atomic E-state index is 11.4. The Morgan fingerprint density at radius 3 is 2.59 bits per heavy atom. The molecule has 2 aromatic rings. The van der Waals surface area contributed by atoms with Crippen LogP contribution in [0.3, 0.4) is 0 Å². The fraction of sp³-hybridized carbons (Fsp3) is 0.273. The molecule has 0 bridgehead atoms. The lowest BCUT2D eigenvalue weighted by Crippen LogP contribution is -1.95. The van der Waals surface area contributed by atoms with Gasteiger partial charge < -0.3 is 0 Å². The van der Waals surface area contributed by atoms with Crippen molar-refractivity contribution >= 4 is 21.2 Å². The van der Waals surface area contributed by atoms with Crippen LogP contribution >= 0.6 is 11.3 Å². The van der Waals surface area contributed by atoms with Gasteiger partial charge in [0.1, 0.15) is 5.82 Å². The molecule has 0 radical (unpaired) electrons. The van der Waals surface area contributed by atoms with Crippen molar-refractivity contribution in [3.63, 3.8) is 0 Å². The molecule has 4 nitrogen and oxygen atoms in total. The first-order valence-electron chi connectivity index (χ1n) is 4.97. The van der Waals surface area contributed by atoms with Gasteiger partial charge in [0.15, 0.2) is 9.84 Å². The molecular weight excluding hydrogens is 256 g/mol. The second-order valence-electron chi connectivity index (χ2n) is 3.87. The van der Waals surface area contributed by atoms with Crippen LogP contribution in [0.4, 0.5) is 0 Å². The number of hydrogen-bond donors (Lipinski definition) is 0. The minimum atomic E-state index is -3.15. The third-order valence-electron chi connectivity index (χ3n) is 2.33. The molecule has 0 saturated heterocycles. The standard InChI is InChI=1S/C11H12N2O2S2/c1-7-5-12-8(2)13-11(7)10-4-9(6-16-10)17(3,14)15/h4-6H,1-3H3. The summed E-state index contributed by atoms with van der Waals surface area (Å²) in [5.74, 6) is 0.680. The predicted octanol–water partition coefficient (Wildman–Crippen LogP) is 2.23. The lowest BCUT2D eigenvalue weighted by atomic mass is 10.2. The average Bonchev–Trinajstić information content (AvgIpc) is 2.70. The van der Waals surface area contributed by atoms with Gasteiger partial charge in [0, 0.05) is 17.8 Å². The molecule has 0 fully saturated rings. The summed E-state index contributed by atoms with van der Waals surface area (Å²) >= 11 is 1.38.